The minimum Gasteiger partial charge on any atom is -0.352 e. The molecule has 7 nitrogen and oxygen atoms in total. The number of rotatable bonds is 11. The number of amides is 2. The second kappa shape index (κ2) is 14.0. The summed E-state index contributed by atoms with van der Waals surface area (Å²) in [7, 11) is -4.09. The maximum Gasteiger partial charge on any atom is 0.264 e. The summed E-state index contributed by atoms with van der Waals surface area (Å²) in [5.74, 6) is -0.615. The average Bonchev–Trinajstić information content (AvgIpc) is 2.99. The summed E-state index contributed by atoms with van der Waals surface area (Å²) < 4.78 is 29.3. The van der Waals surface area contributed by atoms with Crippen LogP contribution in [0.4, 0.5) is 5.69 Å². The van der Waals surface area contributed by atoms with Gasteiger partial charge in [-0.05, 0) is 74.9 Å². The molecule has 1 saturated carbocycles. The van der Waals surface area contributed by atoms with Crippen LogP contribution in [-0.4, -0.2) is 43.8 Å². The minimum absolute atomic E-state index is 0.0986. The highest BCUT2D eigenvalue weighted by Crippen LogP contribution is 2.29. The Bertz CT molecular complexity index is 1470. The molecule has 3 aromatic rings. The van der Waals surface area contributed by atoms with E-state index in [1.165, 1.54) is 22.9 Å². The third-order valence-corrected chi connectivity index (χ3v) is 10.0. The molecule has 0 aliphatic heterocycles. The minimum atomic E-state index is -4.09. The van der Waals surface area contributed by atoms with Gasteiger partial charge in [0.1, 0.15) is 12.6 Å². The molecule has 4 rings (SSSR count). The predicted molar refractivity (Wildman–Crippen MR) is 168 cm³/mol. The molecule has 1 N–H and O–H groups in total. The van der Waals surface area contributed by atoms with Crippen LogP contribution in [0.15, 0.2) is 77.7 Å². The average molecular weight is 590 g/mol. The van der Waals surface area contributed by atoms with Gasteiger partial charge in [-0.2, -0.15) is 0 Å². The summed E-state index contributed by atoms with van der Waals surface area (Å²) in [4.78, 5) is 29.6. The van der Waals surface area contributed by atoms with Crippen LogP contribution < -0.4 is 9.62 Å². The van der Waals surface area contributed by atoms with Gasteiger partial charge in [0.2, 0.25) is 11.8 Å². The van der Waals surface area contributed by atoms with Crippen LogP contribution in [-0.2, 0) is 26.2 Å². The van der Waals surface area contributed by atoms with Crippen molar-refractivity contribution < 1.29 is 18.0 Å². The third-order valence-electron chi connectivity index (χ3n) is 8.27. The molecule has 8 heteroatoms. The Balaban J connectivity index is 1.72. The Morgan fingerprint density at radius 3 is 2.19 bits per heavy atom. The van der Waals surface area contributed by atoms with E-state index in [0.717, 1.165) is 47.9 Å². The van der Waals surface area contributed by atoms with Crippen LogP contribution in [0.25, 0.3) is 0 Å². The van der Waals surface area contributed by atoms with Gasteiger partial charge >= 0.3 is 0 Å². The molecular formula is C34H43N3O4S. The fraction of sp³-hybridized carbons (Fsp3) is 0.412. The van der Waals surface area contributed by atoms with E-state index in [0.29, 0.717) is 12.1 Å². The molecule has 2 amide bonds. The zero-order chi connectivity index (χ0) is 30.3. The summed E-state index contributed by atoms with van der Waals surface area (Å²) in [6, 6.07) is 20.8. The van der Waals surface area contributed by atoms with Gasteiger partial charge in [-0.3, -0.25) is 13.9 Å². The summed E-state index contributed by atoms with van der Waals surface area (Å²) in [6.07, 6.45) is 5.61. The zero-order valence-electron chi connectivity index (χ0n) is 25.2. The molecule has 1 aliphatic carbocycles. The van der Waals surface area contributed by atoms with Crippen LogP contribution in [0.3, 0.4) is 0 Å². The molecule has 0 saturated heterocycles. The fourth-order valence-electron chi connectivity index (χ4n) is 5.59. The molecular weight excluding hydrogens is 546 g/mol. The van der Waals surface area contributed by atoms with E-state index >= 15 is 0 Å². The third kappa shape index (κ3) is 7.40. The van der Waals surface area contributed by atoms with Crippen molar-refractivity contribution in [3.8, 4) is 0 Å². The first-order valence-corrected chi connectivity index (χ1v) is 16.3. The second-order valence-corrected chi connectivity index (χ2v) is 13.2. The van der Waals surface area contributed by atoms with E-state index < -0.39 is 28.5 Å². The van der Waals surface area contributed by atoms with Crippen molar-refractivity contribution in [2.24, 2.45) is 0 Å². The van der Waals surface area contributed by atoms with Gasteiger partial charge in [0, 0.05) is 12.6 Å². The first-order valence-electron chi connectivity index (χ1n) is 14.9. The van der Waals surface area contributed by atoms with Crippen LogP contribution in [0.5, 0.6) is 0 Å². The number of aryl methyl sites for hydroxylation is 2. The van der Waals surface area contributed by atoms with Gasteiger partial charge in [0.05, 0.1) is 10.6 Å². The molecule has 1 atom stereocenters. The molecule has 3 aromatic carbocycles. The van der Waals surface area contributed by atoms with E-state index in [-0.39, 0.29) is 23.4 Å². The van der Waals surface area contributed by atoms with Crippen LogP contribution in [0.2, 0.25) is 0 Å². The van der Waals surface area contributed by atoms with Crippen molar-refractivity contribution in [3.05, 3.63) is 95.1 Å². The highest BCUT2D eigenvalue weighted by Gasteiger charge is 2.35. The lowest BCUT2D eigenvalue weighted by Gasteiger charge is -2.35. The molecule has 0 radical (unpaired) electrons. The molecule has 0 heterocycles. The van der Waals surface area contributed by atoms with Crippen LogP contribution in [0, 0.1) is 20.8 Å². The fourth-order valence-corrected chi connectivity index (χ4v) is 7.09. The summed E-state index contributed by atoms with van der Waals surface area (Å²) in [5, 5.41) is 3.19. The SMILES string of the molecule is CCC(C(=O)NC1CCCCC1)N(Cc1ccc(C)cc1)C(=O)CN(c1cccc(C)c1C)S(=O)(=O)c1ccccc1. The lowest BCUT2D eigenvalue weighted by molar-refractivity contribution is -0.140. The number of sulfonamides is 1. The van der Waals surface area contributed by atoms with Crippen LogP contribution >= 0.6 is 0 Å². The van der Waals surface area contributed by atoms with E-state index in [9.17, 15) is 18.0 Å². The molecule has 42 heavy (non-hydrogen) atoms. The maximum atomic E-state index is 14.3. The van der Waals surface area contributed by atoms with E-state index in [1.807, 2.05) is 58.0 Å². The second-order valence-electron chi connectivity index (χ2n) is 11.3. The number of hydrogen-bond acceptors (Lipinski definition) is 4. The van der Waals surface area contributed by atoms with Gasteiger partial charge < -0.3 is 10.2 Å². The molecule has 0 bridgehead atoms. The van der Waals surface area contributed by atoms with E-state index in [2.05, 4.69) is 5.32 Å². The molecule has 1 unspecified atom stereocenters. The Morgan fingerprint density at radius 1 is 0.881 bits per heavy atom. The van der Waals surface area contributed by atoms with E-state index in [4.69, 9.17) is 0 Å². The largest absolute Gasteiger partial charge is 0.352 e. The lowest BCUT2D eigenvalue weighted by atomic mass is 9.95. The predicted octanol–water partition coefficient (Wildman–Crippen LogP) is 6.06. The standard InChI is InChI=1S/C34H43N3O4S/c1-5-31(34(39)35-29-14-8-6-9-15-29)36(23-28-21-19-25(2)20-22-28)33(38)24-37(32-18-12-13-26(3)27(32)4)42(40,41)30-16-10-7-11-17-30/h7,10-13,16-22,29,31H,5-6,8-9,14-15,23-24H2,1-4H3,(H,35,39). The Labute approximate surface area is 251 Å². The van der Waals surface area contributed by atoms with Gasteiger partial charge in [0.25, 0.3) is 10.0 Å². The Hall–Kier alpha value is -3.65. The first-order chi connectivity index (χ1) is 20.1. The van der Waals surface area contributed by atoms with Gasteiger partial charge in [-0.1, -0.05) is 86.3 Å². The van der Waals surface area contributed by atoms with Crippen molar-refractivity contribution in [1.82, 2.24) is 10.2 Å². The van der Waals surface area contributed by atoms with Crippen LogP contribution in [0.1, 0.15) is 67.7 Å². The normalized spacial score (nSPS) is 14.7. The van der Waals surface area contributed by atoms with E-state index in [1.54, 1.807) is 35.2 Å². The number of carbonyl (C=O) groups excluding carboxylic acids is 2. The van der Waals surface area contributed by atoms with Crippen molar-refractivity contribution >= 4 is 27.5 Å². The zero-order valence-corrected chi connectivity index (χ0v) is 26.0. The number of nitrogens with one attached hydrogen (secondary N) is 1. The van der Waals surface area contributed by atoms with Crippen molar-refractivity contribution in [2.45, 2.75) is 89.7 Å². The molecule has 0 aromatic heterocycles. The lowest BCUT2D eigenvalue weighted by Crippen LogP contribution is -2.54. The number of nitrogens with zero attached hydrogens (tertiary/aromatic N) is 2. The van der Waals surface area contributed by atoms with Gasteiger partial charge in [0.15, 0.2) is 0 Å². The van der Waals surface area contributed by atoms with Crippen molar-refractivity contribution in [1.29, 1.82) is 0 Å². The summed E-state index contributed by atoms with van der Waals surface area (Å²) >= 11 is 0. The number of benzene rings is 3. The summed E-state index contributed by atoms with van der Waals surface area (Å²) in [6.45, 7) is 7.43. The quantitative estimate of drug-likeness (QED) is 0.294. The molecule has 224 valence electrons. The van der Waals surface area contributed by atoms with Crippen molar-refractivity contribution in [3.63, 3.8) is 0 Å². The smallest absolute Gasteiger partial charge is 0.264 e. The Kier molecular flexibility index (Phi) is 10.4. The van der Waals surface area contributed by atoms with Gasteiger partial charge in [-0.25, -0.2) is 8.42 Å². The number of carbonyl (C=O) groups is 2. The topological polar surface area (TPSA) is 86.8 Å². The Morgan fingerprint density at radius 2 is 1.55 bits per heavy atom. The van der Waals surface area contributed by atoms with Gasteiger partial charge in [-0.15, -0.1) is 0 Å². The molecule has 1 fully saturated rings. The number of hydrogen-bond donors (Lipinski definition) is 1. The molecule has 0 spiro atoms. The maximum absolute atomic E-state index is 14.3. The summed E-state index contributed by atoms with van der Waals surface area (Å²) in [5.41, 5.74) is 4.11. The van der Waals surface area contributed by atoms with Crippen molar-refractivity contribution in [2.75, 3.05) is 10.8 Å². The highest BCUT2D eigenvalue weighted by molar-refractivity contribution is 7.92. The monoisotopic (exact) mass is 589 g/mol. The highest BCUT2D eigenvalue weighted by atomic mass is 32.2. The first kappa shape index (κ1) is 31.3. The number of anilines is 1. The molecule has 1 aliphatic rings.